The zero-order valence-electron chi connectivity index (χ0n) is 16.6. The van der Waals surface area contributed by atoms with Gasteiger partial charge in [0.25, 0.3) is 5.91 Å². The number of carbonyl (C=O) groups is 1. The maximum absolute atomic E-state index is 13.5. The molecule has 1 atom stereocenters. The fourth-order valence-electron chi connectivity index (χ4n) is 4.81. The summed E-state index contributed by atoms with van der Waals surface area (Å²) >= 11 is 0. The highest BCUT2D eigenvalue weighted by molar-refractivity contribution is 5.94. The zero-order valence-corrected chi connectivity index (χ0v) is 16.6. The average Bonchev–Trinajstić information content (AvgIpc) is 3.35. The number of rotatable bonds is 3. The molecular weight excluding hydrogens is 365 g/mol. The molecule has 0 aliphatic heterocycles. The van der Waals surface area contributed by atoms with Crippen LogP contribution in [0.2, 0.25) is 0 Å². The SMILES string of the molecule is CN(C(=O)c1nn(-c2ccc(F)cc2)c2c1CCCC2)C1CCc2ccccc21. The van der Waals surface area contributed by atoms with Crippen molar-refractivity contribution in [2.45, 2.75) is 44.6 Å². The van der Waals surface area contributed by atoms with Gasteiger partial charge in [-0.3, -0.25) is 4.79 Å². The van der Waals surface area contributed by atoms with Gasteiger partial charge in [0.05, 0.1) is 11.7 Å². The number of carbonyl (C=O) groups excluding carboxylic acids is 1. The van der Waals surface area contributed by atoms with Crippen molar-refractivity contribution in [1.29, 1.82) is 0 Å². The Bertz CT molecular complexity index is 1070. The summed E-state index contributed by atoms with van der Waals surface area (Å²) in [4.78, 5) is 15.4. The Balaban J connectivity index is 1.52. The summed E-state index contributed by atoms with van der Waals surface area (Å²) < 4.78 is 15.2. The van der Waals surface area contributed by atoms with Crippen LogP contribution in [-0.2, 0) is 19.3 Å². The summed E-state index contributed by atoms with van der Waals surface area (Å²) in [6, 6.07) is 14.8. The van der Waals surface area contributed by atoms with Crippen molar-refractivity contribution in [3.05, 3.63) is 82.4 Å². The normalized spacial score (nSPS) is 17.7. The Morgan fingerprint density at radius 3 is 2.66 bits per heavy atom. The number of hydrogen-bond donors (Lipinski definition) is 0. The van der Waals surface area contributed by atoms with Crippen molar-refractivity contribution in [1.82, 2.24) is 14.7 Å². The van der Waals surface area contributed by atoms with Gasteiger partial charge in [-0.25, -0.2) is 9.07 Å². The highest BCUT2D eigenvalue weighted by Crippen LogP contribution is 2.36. The number of nitrogens with zero attached hydrogens (tertiary/aromatic N) is 3. The molecule has 5 heteroatoms. The molecule has 2 aliphatic rings. The molecule has 5 rings (SSSR count). The van der Waals surface area contributed by atoms with Crippen LogP contribution in [0.4, 0.5) is 4.39 Å². The molecule has 1 heterocycles. The monoisotopic (exact) mass is 389 g/mol. The van der Waals surface area contributed by atoms with Gasteiger partial charge >= 0.3 is 0 Å². The first-order chi connectivity index (χ1) is 14.1. The minimum atomic E-state index is -0.272. The van der Waals surface area contributed by atoms with Gasteiger partial charge in [-0.15, -0.1) is 0 Å². The van der Waals surface area contributed by atoms with E-state index in [1.165, 1.54) is 23.3 Å². The molecule has 2 aromatic carbocycles. The fraction of sp³-hybridized carbons (Fsp3) is 0.333. The van der Waals surface area contributed by atoms with E-state index < -0.39 is 0 Å². The number of amides is 1. The first kappa shape index (κ1) is 18.1. The van der Waals surface area contributed by atoms with Crippen molar-refractivity contribution in [3.63, 3.8) is 0 Å². The molecule has 1 aromatic heterocycles. The van der Waals surface area contributed by atoms with Crippen LogP contribution in [-0.4, -0.2) is 27.6 Å². The molecule has 4 nitrogen and oxygen atoms in total. The average molecular weight is 389 g/mol. The maximum atomic E-state index is 13.5. The lowest BCUT2D eigenvalue weighted by Gasteiger charge is -2.25. The Hall–Kier alpha value is -2.95. The smallest absolute Gasteiger partial charge is 0.274 e. The van der Waals surface area contributed by atoms with Crippen LogP contribution in [0.1, 0.15) is 58.2 Å². The quantitative estimate of drug-likeness (QED) is 0.654. The molecule has 3 aromatic rings. The van der Waals surface area contributed by atoms with Crippen molar-refractivity contribution in [2.75, 3.05) is 7.05 Å². The number of aryl methyl sites for hydroxylation is 1. The van der Waals surface area contributed by atoms with E-state index in [1.807, 2.05) is 22.7 Å². The lowest BCUT2D eigenvalue weighted by molar-refractivity contribution is 0.0723. The molecule has 0 bridgehead atoms. The van der Waals surface area contributed by atoms with Crippen molar-refractivity contribution in [3.8, 4) is 5.69 Å². The molecule has 148 valence electrons. The van der Waals surface area contributed by atoms with E-state index in [2.05, 4.69) is 18.2 Å². The second-order valence-electron chi connectivity index (χ2n) is 8.04. The minimum Gasteiger partial charge on any atom is -0.333 e. The predicted molar refractivity (Wildman–Crippen MR) is 110 cm³/mol. The third-order valence-corrected chi connectivity index (χ3v) is 6.34. The van der Waals surface area contributed by atoms with Crippen LogP contribution in [0.3, 0.4) is 0 Å². The van der Waals surface area contributed by atoms with Crippen LogP contribution in [0.15, 0.2) is 48.5 Å². The van der Waals surface area contributed by atoms with E-state index in [0.29, 0.717) is 5.69 Å². The Morgan fingerprint density at radius 1 is 1.07 bits per heavy atom. The number of fused-ring (bicyclic) bond motifs is 2. The highest BCUT2D eigenvalue weighted by atomic mass is 19.1. The minimum absolute atomic E-state index is 0.0225. The molecule has 2 aliphatic carbocycles. The molecule has 29 heavy (non-hydrogen) atoms. The number of halogens is 1. The summed E-state index contributed by atoms with van der Waals surface area (Å²) in [5, 5.41) is 4.74. The van der Waals surface area contributed by atoms with Gasteiger partial charge in [0.2, 0.25) is 0 Å². The van der Waals surface area contributed by atoms with E-state index in [4.69, 9.17) is 5.10 Å². The summed E-state index contributed by atoms with van der Waals surface area (Å²) in [5.74, 6) is -0.295. The Morgan fingerprint density at radius 2 is 1.83 bits per heavy atom. The third kappa shape index (κ3) is 3.05. The molecule has 0 saturated carbocycles. The van der Waals surface area contributed by atoms with E-state index in [9.17, 15) is 9.18 Å². The van der Waals surface area contributed by atoms with E-state index in [0.717, 1.165) is 55.5 Å². The van der Waals surface area contributed by atoms with Gasteiger partial charge in [0.1, 0.15) is 5.82 Å². The molecule has 1 amide bonds. The van der Waals surface area contributed by atoms with Crippen molar-refractivity contribution in [2.24, 2.45) is 0 Å². The Kier molecular flexibility index (Phi) is 4.46. The van der Waals surface area contributed by atoms with Gasteiger partial charge < -0.3 is 4.90 Å². The predicted octanol–water partition coefficient (Wildman–Crippen LogP) is 4.65. The first-order valence-electron chi connectivity index (χ1n) is 10.3. The van der Waals surface area contributed by atoms with Crippen LogP contribution in [0.25, 0.3) is 5.69 Å². The number of aromatic nitrogens is 2. The summed E-state index contributed by atoms with van der Waals surface area (Å²) in [5.41, 5.74) is 6.08. The van der Waals surface area contributed by atoms with Gasteiger partial charge in [0, 0.05) is 18.3 Å². The maximum Gasteiger partial charge on any atom is 0.274 e. The van der Waals surface area contributed by atoms with Crippen LogP contribution in [0, 0.1) is 5.82 Å². The second kappa shape index (κ2) is 7.14. The largest absolute Gasteiger partial charge is 0.333 e. The van der Waals surface area contributed by atoms with Crippen LogP contribution < -0.4 is 0 Å². The van der Waals surface area contributed by atoms with Gasteiger partial charge in [0.15, 0.2) is 5.69 Å². The van der Waals surface area contributed by atoms with E-state index in [-0.39, 0.29) is 17.8 Å². The summed E-state index contributed by atoms with van der Waals surface area (Å²) in [6.45, 7) is 0. The molecular formula is C24H24FN3O. The Labute approximate surface area is 170 Å². The molecule has 0 spiro atoms. The van der Waals surface area contributed by atoms with Gasteiger partial charge in [-0.1, -0.05) is 24.3 Å². The van der Waals surface area contributed by atoms with Gasteiger partial charge in [-0.2, -0.15) is 5.10 Å². The summed E-state index contributed by atoms with van der Waals surface area (Å²) in [7, 11) is 1.89. The standard InChI is InChI=1S/C24H24FN3O/c1-27(21-15-10-16-6-2-3-7-19(16)21)24(29)23-20-8-4-5-9-22(20)28(26-23)18-13-11-17(25)12-14-18/h2-3,6-7,11-14,21H,4-5,8-10,15H2,1H3. The highest BCUT2D eigenvalue weighted by Gasteiger charge is 2.33. The molecule has 0 N–H and O–H groups in total. The van der Waals surface area contributed by atoms with Crippen LogP contribution in [0.5, 0.6) is 0 Å². The fourth-order valence-corrected chi connectivity index (χ4v) is 4.81. The summed E-state index contributed by atoms with van der Waals surface area (Å²) in [6.07, 6.45) is 5.86. The zero-order chi connectivity index (χ0) is 20.0. The van der Waals surface area contributed by atoms with E-state index >= 15 is 0 Å². The van der Waals surface area contributed by atoms with Crippen molar-refractivity contribution >= 4 is 5.91 Å². The van der Waals surface area contributed by atoms with Crippen LogP contribution >= 0.6 is 0 Å². The molecule has 0 saturated heterocycles. The second-order valence-corrected chi connectivity index (χ2v) is 8.04. The number of hydrogen-bond acceptors (Lipinski definition) is 2. The lowest BCUT2D eigenvalue weighted by atomic mass is 9.95. The topological polar surface area (TPSA) is 38.1 Å². The third-order valence-electron chi connectivity index (χ3n) is 6.34. The molecule has 0 radical (unpaired) electrons. The van der Waals surface area contributed by atoms with Gasteiger partial charge in [-0.05, 0) is 73.9 Å². The molecule has 1 unspecified atom stereocenters. The lowest BCUT2D eigenvalue weighted by Crippen LogP contribution is -2.31. The van der Waals surface area contributed by atoms with E-state index in [1.54, 1.807) is 12.1 Å². The van der Waals surface area contributed by atoms with Crippen molar-refractivity contribution < 1.29 is 9.18 Å². The molecule has 0 fully saturated rings. The first-order valence-corrected chi connectivity index (χ1v) is 10.3. The number of benzene rings is 2.